The first kappa shape index (κ1) is 14.1. The first-order valence-electron chi connectivity index (χ1n) is 7.51. The summed E-state index contributed by atoms with van der Waals surface area (Å²) < 4.78 is 5.92. The van der Waals surface area contributed by atoms with E-state index in [-0.39, 0.29) is 6.04 Å². The Labute approximate surface area is 124 Å². The summed E-state index contributed by atoms with van der Waals surface area (Å²) >= 11 is 0. The Kier molecular flexibility index (Phi) is 3.49. The van der Waals surface area contributed by atoms with Gasteiger partial charge in [0.2, 0.25) is 0 Å². The predicted molar refractivity (Wildman–Crippen MR) is 81.2 cm³/mol. The van der Waals surface area contributed by atoms with Crippen LogP contribution in [0.15, 0.2) is 34.7 Å². The minimum atomic E-state index is -0.809. The second-order valence-electron chi connectivity index (χ2n) is 6.09. The summed E-state index contributed by atoms with van der Waals surface area (Å²) in [5, 5.41) is 10.7. The van der Waals surface area contributed by atoms with Crippen molar-refractivity contribution in [3.05, 3.63) is 36.1 Å². The lowest BCUT2D eigenvalue weighted by molar-refractivity contribution is -0.155. The summed E-state index contributed by atoms with van der Waals surface area (Å²) in [5.74, 6) is 0.0933. The van der Waals surface area contributed by atoms with Crippen LogP contribution in [0, 0.1) is 0 Å². The molecule has 3 rings (SSSR count). The zero-order valence-electron chi connectivity index (χ0n) is 12.5. The molecule has 2 aromatic rings. The first-order chi connectivity index (χ1) is 10.0. The van der Waals surface area contributed by atoms with Gasteiger partial charge in [-0.1, -0.05) is 18.2 Å². The lowest BCUT2D eigenvalue weighted by Gasteiger charge is -2.44. The molecule has 0 aliphatic carbocycles. The number of carboxylic acids is 1. The maximum Gasteiger partial charge on any atom is 0.323 e. The fourth-order valence-electron chi connectivity index (χ4n) is 3.35. The second-order valence-corrected chi connectivity index (χ2v) is 6.09. The molecule has 2 atom stereocenters. The molecule has 0 saturated carbocycles. The standard InChI is InChI=1S/C17H21NO3/c1-12(15-11-13-7-3-4-8-14(13)21-15)18-10-6-5-9-17(18,2)16(19)20/h3-4,7-8,11-12H,5-6,9-10H2,1-2H3,(H,19,20). The van der Waals surface area contributed by atoms with Crippen molar-refractivity contribution >= 4 is 16.9 Å². The van der Waals surface area contributed by atoms with E-state index in [1.54, 1.807) is 0 Å². The van der Waals surface area contributed by atoms with Gasteiger partial charge < -0.3 is 9.52 Å². The number of rotatable bonds is 3. The molecule has 112 valence electrons. The van der Waals surface area contributed by atoms with Gasteiger partial charge in [-0.2, -0.15) is 0 Å². The van der Waals surface area contributed by atoms with E-state index in [0.29, 0.717) is 6.42 Å². The van der Waals surface area contributed by atoms with Crippen molar-refractivity contribution in [1.82, 2.24) is 4.90 Å². The first-order valence-corrected chi connectivity index (χ1v) is 7.51. The van der Waals surface area contributed by atoms with Crippen LogP contribution in [0.1, 0.15) is 44.9 Å². The average Bonchev–Trinajstić information content (AvgIpc) is 2.91. The van der Waals surface area contributed by atoms with Gasteiger partial charge in [-0.3, -0.25) is 9.69 Å². The van der Waals surface area contributed by atoms with Crippen molar-refractivity contribution < 1.29 is 14.3 Å². The molecule has 0 bridgehead atoms. The fraction of sp³-hybridized carbons (Fsp3) is 0.471. The van der Waals surface area contributed by atoms with Crippen molar-refractivity contribution in [2.45, 2.75) is 44.7 Å². The molecule has 0 amide bonds. The molecule has 1 aliphatic heterocycles. The third-order valence-corrected chi connectivity index (χ3v) is 4.73. The number of likely N-dealkylation sites (tertiary alicyclic amines) is 1. The highest BCUT2D eigenvalue weighted by molar-refractivity contribution is 5.79. The van der Waals surface area contributed by atoms with E-state index in [1.165, 1.54) is 0 Å². The van der Waals surface area contributed by atoms with E-state index in [9.17, 15) is 9.90 Å². The monoisotopic (exact) mass is 287 g/mol. The third kappa shape index (κ3) is 2.33. The number of para-hydroxylation sites is 1. The normalized spacial score (nSPS) is 25.0. The molecule has 4 heteroatoms. The van der Waals surface area contributed by atoms with Crippen LogP contribution >= 0.6 is 0 Å². The summed E-state index contributed by atoms with van der Waals surface area (Å²) in [5.41, 5.74) is 0.0461. The molecule has 1 fully saturated rings. The van der Waals surface area contributed by atoms with Crippen molar-refractivity contribution in [3.8, 4) is 0 Å². The molecule has 21 heavy (non-hydrogen) atoms. The van der Waals surface area contributed by atoms with E-state index in [4.69, 9.17) is 4.42 Å². The topological polar surface area (TPSA) is 53.7 Å². The van der Waals surface area contributed by atoms with Crippen molar-refractivity contribution in [1.29, 1.82) is 0 Å². The van der Waals surface area contributed by atoms with Gasteiger partial charge in [-0.15, -0.1) is 0 Å². The summed E-state index contributed by atoms with van der Waals surface area (Å²) in [7, 11) is 0. The molecular weight excluding hydrogens is 266 g/mol. The maximum atomic E-state index is 11.7. The van der Waals surface area contributed by atoms with Crippen LogP contribution in [0.2, 0.25) is 0 Å². The van der Waals surface area contributed by atoms with Gasteiger partial charge >= 0.3 is 5.97 Å². The lowest BCUT2D eigenvalue weighted by Crippen LogP contribution is -2.55. The molecule has 1 aromatic carbocycles. The van der Waals surface area contributed by atoms with Gasteiger partial charge in [0, 0.05) is 5.39 Å². The molecular formula is C17H21NO3. The molecule has 4 nitrogen and oxygen atoms in total. The quantitative estimate of drug-likeness (QED) is 0.932. The number of furan rings is 1. The molecule has 2 unspecified atom stereocenters. The van der Waals surface area contributed by atoms with E-state index in [2.05, 4.69) is 4.90 Å². The smallest absolute Gasteiger partial charge is 0.323 e. The zero-order valence-corrected chi connectivity index (χ0v) is 12.5. The highest BCUT2D eigenvalue weighted by Gasteiger charge is 2.44. The van der Waals surface area contributed by atoms with Crippen LogP contribution in [-0.2, 0) is 4.79 Å². The third-order valence-electron chi connectivity index (χ3n) is 4.73. The van der Waals surface area contributed by atoms with Crippen LogP contribution in [0.4, 0.5) is 0 Å². The maximum absolute atomic E-state index is 11.7. The molecule has 1 aromatic heterocycles. The van der Waals surface area contributed by atoms with Gasteiger partial charge in [0.15, 0.2) is 0 Å². The number of hydrogen-bond donors (Lipinski definition) is 1. The van der Waals surface area contributed by atoms with Gasteiger partial charge in [0.25, 0.3) is 0 Å². The predicted octanol–water partition coefficient (Wildman–Crippen LogP) is 3.82. The van der Waals surface area contributed by atoms with Gasteiger partial charge in [0.05, 0.1) is 6.04 Å². The number of benzene rings is 1. The fourth-order valence-corrected chi connectivity index (χ4v) is 3.35. The van der Waals surface area contributed by atoms with E-state index < -0.39 is 11.5 Å². The van der Waals surface area contributed by atoms with Crippen LogP contribution in [-0.4, -0.2) is 28.1 Å². The largest absolute Gasteiger partial charge is 0.480 e. The lowest BCUT2D eigenvalue weighted by atomic mass is 9.87. The van der Waals surface area contributed by atoms with Gasteiger partial charge in [-0.05, 0) is 51.8 Å². The molecule has 0 spiro atoms. The number of carboxylic acid groups (broad SMARTS) is 1. The Morgan fingerprint density at radius 2 is 2.14 bits per heavy atom. The summed E-state index contributed by atoms with van der Waals surface area (Å²) in [6.45, 7) is 4.65. The molecule has 0 radical (unpaired) electrons. The van der Waals surface area contributed by atoms with Gasteiger partial charge in [-0.25, -0.2) is 0 Å². The van der Waals surface area contributed by atoms with Gasteiger partial charge in [0.1, 0.15) is 16.9 Å². The van der Waals surface area contributed by atoms with Crippen LogP contribution in [0.5, 0.6) is 0 Å². The van der Waals surface area contributed by atoms with Crippen molar-refractivity contribution in [3.63, 3.8) is 0 Å². The molecule has 1 N–H and O–H groups in total. The Morgan fingerprint density at radius 3 is 2.86 bits per heavy atom. The summed E-state index contributed by atoms with van der Waals surface area (Å²) in [6.07, 6.45) is 2.69. The van der Waals surface area contributed by atoms with Crippen LogP contribution in [0.3, 0.4) is 0 Å². The minimum absolute atomic E-state index is 0.0428. The number of fused-ring (bicyclic) bond motifs is 1. The van der Waals surface area contributed by atoms with Crippen molar-refractivity contribution in [2.24, 2.45) is 0 Å². The SMILES string of the molecule is CC(c1cc2ccccc2o1)N1CCCCC1(C)C(=O)O. The van der Waals surface area contributed by atoms with E-state index >= 15 is 0 Å². The van der Waals surface area contributed by atoms with E-state index in [0.717, 1.165) is 36.1 Å². The number of hydrogen-bond acceptors (Lipinski definition) is 3. The number of carbonyl (C=O) groups is 1. The Bertz CT molecular complexity index is 630. The highest BCUT2D eigenvalue weighted by Crippen LogP contribution is 2.37. The Morgan fingerprint density at radius 1 is 1.38 bits per heavy atom. The number of piperidine rings is 1. The highest BCUT2D eigenvalue weighted by atomic mass is 16.4. The van der Waals surface area contributed by atoms with Crippen LogP contribution < -0.4 is 0 Å². The minimum Gasteiger partial charge on any atom is -0.480 e. The Balaban J connectivity index is 1.95. The average molecular weight is 287 g/mol. The number of aliphatic carboxylic acids is 1. The summed E-state index contributed by atoms with van der Waals surface area (Å²) in [4.78, 5) is 13.8. The Hall–Kier alpha value is -1.81. The van der Waals surface area contributed by atoms with Crippen LogP contribution in [0.25, 0.3) is 11.0 Å². The number of nitrogens with zero attached hydrogens (tertiary/aromatic N) is 1. The molecule has 1 saturated heterocycles. The van der Waals surface area contributed by atoms with Crippen molar-refractivity contribution in [2.75, 3.05) is 6.54 Å². The zero-order chi connectivity index (χ0) is 15.0. The molecule has 2 heterocycles. The molecule has 1 aliphatic rings. The van der Waals surface area contributed by atoms with E-state index in [1.807, 2.05) is 44.2 Å². The second kappa shape index (κ2) is 5.19. The summed E-state index contributed by atoms with van der Waals surface area (Å²) in [6, 6.07) is 9.87.